The molecule has 3 aromatic rings. The molecule has 0 unspecified atom stereocenters. The third-order valence-electron chi connectivity index (χ3n) is 4.58. The molecule has 3 aromatic carbocycles. The van der Waals surface area contributed by atoms with Gasteiger partial charge in [-0.3, -0.25) is 0 Å². The van der Waals surface area contributed by atoms with E-state index >= 15 is 0 Å². The SMILES string of the molecule is NC(=S)c1ccccc1-c1ccc(CCCNC(=O)OCc2ccccc2)cc1. The monoisotopic (exact) mass is 404 g/mol. The highest BCUT2D eigenvalue weighted by Gasteiger charge is 2.07. The van der Waals surface area contributed by atoms with E-state index in [-0.39, 0.29) is 6.61 Å². The Morgan fingerprint density at radius 3 is 2.31 bits per heavy atom. The maximum Gasteiger partial charge on any atom is 0.407 e. The van der Waals surface area contributed by atoms with Gasteiger partial charge >= 0.3 is 6.09 Å². The zero-order valence-electron chi connectivity index (χ0n) is 16.1. The molecule has 0 saturated carbocycles. The van der Waals surface area contributed by atoms with E-state index in [9.17, 15) is 4.79 Å². The van der Waals surface area contributed by atoms with Crippen molar-refractivity contribution in [1.82, 2.24) is 5.32 Å². The second-order valence-electron chi connectivity index (χ2n) is 6.70. The summed E-state index contributed by atoms with van der Waals surface area (Å²) in [7, 11) is 0. The van der Waals surface area contributed by atoms with Crippen LogP contribution in [-0.4, -0.2) is 17.6 Å². The first kappa shape index (κ1) is 20.6. The van der Waals surface area contributed by atoms with Gasteiger partial charge in [0.15, 0.2) is 0 Å². The summed E-state index contributed by atoms with van der Waals surface area (Å²) < 4.78 is 5.20. The number of hydrogen-bond acceptors (Lipinski definition) is 3. The summed E-state index contributed by atoms with van der Waals surface area (Å²) in [6.07, 6.45) is 1.32. The van der Waals surface area contributed by atoms with Gasteiger partial charge in [0, 0.05) is 12.1 Å². The fourth-order valence-electron chi connectivity index (χ4n) is 3.06. The van der Waals surface area contributed by atoms with Crippen LogP contribution in [0.1, 0.15) is 23.1 Å². The first-order valence-corrected chi connectivity index (χ1v) is 9.97. The molecular formula is C24H24N2O2S. The molecule has 148 valence electrons. The number of benzene rings is 3. The molecule has 3 rings (SSSR count). The van der Waals surface area contributed by atoms with E-state index < -0.39 is 6.09 Å². The maximum atomic E-state index is 11.8. The van der Waals surface area contributed by atoms with Crippen LogP contribution in [0.25, 0.3) is 11.1 Å². The van der Waals surface area contributed by atoms with Crippen molar-refractivity contribution in [1.29, 1.82) is 0 Å². The van der Waals surface area contributed by atoms with Gasteiger partial charge in [0.1, 0.15) is 11.6 Å². The molecule has 0 aliphatic heterocycles. The fourth-order valence-corrected chi connectivity index (χ4v) is 3.24. The van der Waals surface area contributed by atoms with Crippen LogP contribution >= 0.6 is 12.2 Å². The number of amides is 1. The van der Waals surface area contributed by atoms with Crippen LogP contribution in [0, 0.1) is 0 Å². The lowest BCUT2D eigenvalue weighted by molar-refractivity contribution is 0.139. The zero-order valence-corrected chi connectivity index (χ0v) is 17.0. The molecule has 4 nitrogen and oxygen atoms in total. The number of thiocarbonyl (C=S) groups is 1. The van der Waals surface area contributed by atoms with Crippen LogP contribution in [0.15, 0.2) is 78.9 Å². The van der Waals surface area contributed by atoms with Crippen LogP contribution in [0.3, 0.4) is 0 Å². The highest BCUT2D eigenvalue weighted by Crippen LogP contribution is 2.24. The lowest BCUT2D eigenvalue weighted by atomic mass is 9.98. The molecule has 5 heteroatoms. The molecule has 0 aliphatic carbocycles. The number of ether oxygens (including phenoxy) is 1. The van der Waals surface area contributed by atoms with E-state index in [4.69, 9.17) is 22.7 Å². The Labute approximate surface area is 176 Å². The Bertz CT molecular complexity index is 956. The van der Waals surface area contributed by atoms with Gasteiger partial charge in [0.25, 0.3) is 0 Å². The van der Waals surface area contributed by atoms with Crippen molar-refractivity contribution < 1.29 is 9.53 Å². The smallest absolute Gasteiger partial charge is 0.407 e. The van der Waals surface area contributed by atoms with Gasteiger partial charge in [-0.2, -0.15) is 0 Å². The number of hydrogen-bond donors (Lipinski definition) is 2. The van der Waals surface area contributed by atoms with Crippen molar-refractivity contribution in [2.24, 2.45) is 5.73 Å². The van der Waals surface area contributed by atoms with Crippen molar-refractivity contribution in [2.75, 3.05) is 6.54 Å². The van der Waals surface area contributed by atoms with Crippen LogP contribution in [0.2, 0.25) is 0 Å². The van der Waals surface area contributed by atoms with Crippen molar-refractivity contribution in [3.63, 3.8) is 0 Å². The summed E-state index contributed by atoms with van der Waals surface area (Å²) in [4.78, 5) is 12.2. The predicted octanol–water partition coefficient (Wildman–Crippen LogP) is 4.85. The maximum absolute atomic E-state index is 11.8. The van der Waals surface area contributed by atoms with E-state index in [0.717, 1.165) is 35.1 Å². The third-order valence-corrected chi connectivity index (χ3v) is 4.80. The number of rotatable bonds is 8. The standard InChI is InChI=1S/C24H24N2O2S/c25-23(29)22-11-5-4-10-21(22)20-14-12-18(13-15-20)9-6-16-26-24(27)28-17-19-7-2-1-3-8-19/h1-5,7-8,10-15H,6,9,16-17H2,(H2,25,29)(H,26,27). The summed E-state index contributed by atoms with van der Waals surface area (Å²) in [5.41, 5.74) is 11.0. The predicted molar refractivity (Wildman–Crippen MR) is 121 cm³/mol. The Balaban J connectivity index is 1.44. The summed E-state index contributed by atoms with van der Waals surface area (Å²) in [5, 5.41) is 2.79. The van der Waals surface area contributed by atoms with Gasteiger partial charge in [-0.25, -0.2) is 4.79 Å². The van der Waals surface area contributed by atoms with Crippen LogP contribution in [-0.2, 0) is 17.8 Å². The third kappa shape index (κ3) is 6.16. The molecule has 3 N–H and O–H groups in total. The van der Waals surface area contributed by atoms with Crippen molar-refractivity contribution in [2.45, 2.75) is 19.4 Å². The Morgan fingerprint density at radius 1 is 0.897 bits per heavy atom. The van der Waals surface area contributed by atoms with Gasteiger partial charge in [-0.1, -0.05) is 91.1 Å². The Hall–Kier alpha value is -3.18. The minimum atomic E-state index is -0.390. The second-order valence-corrected chi connectivity index (χ2v) is 7.14. The summed E-state index contributed by atoms with van der Waals surface area (Å²) in [6.45, 7) is 0.849. The molecule has 0 spiro atoms. The van der Waals surface area contributed by atoms with Crippen LogP contribution < -0.4 is 11.1 Å². The highest BCUT2D eigenvalue weighted by molar-refractivity contribution is 7.80. The van der Waals surface area contributed by atoms with Crippen LogP contribution in [0.4, 0.5) is 4.79 Å². The van der Waals surface area contributed by atoms with Crippen LogP contribution in [0.5, 0.6) is 0 Å². The average Bonchev–Trinajstić information content (AvgIpc) is 2.76. The summed E-state index contributed by atoms with van der Waals surface area (Å²) in [6, 6.07) is 25.9. The molecule has 0 bridgehead atoms. The average molecular weight is 405 g/mol. The molecule has 0 fully saturated rings. The zero-order chi connectivity index (χ0) is 20.5. The number of carbonyl (C=O) groups excluding carboxylic acids is 1. The van der Waals surface area contributed by atoms with E-state index in [1.54, 1.807) is 0 Å². The van der Waals surface area contributed by atoms with Gasteiger partial charge in [-0.15, -0.1) is 0 Å². The number of carbonyl (C=O) groups is 1. The van der Waals surface area contributed by atoms with Crippen molar-refractivity contribution >= 4 is 23.3 Å². The van der Waals surface area contributed by atoms with E-state index in [1.807, 2.05) is 54.6 Å². The van der Waals surface area contributed by atoms with Gasteiger partial charge < -0.3 is 15.8 Å². The van der Waals surface area contributed by atoms with Gasteiger partial charge in [0.2, 0.25) is 0 Å². The number of alkyl carbamates (subject to hydrolysis) is 1. The quantitative estimate of drug-likeness (QED) is 0.416. The van der Waals surface area contributed by atoms with Crippen molar-refractivity contribution in [3.05, 3.63) is 95.6 Å². The lowest BCUT2D eigenvalue weighted by Gasteiger charge is -2.10. The fraction of sp³-hybridized carbons (Fsp3) is 0.167. The summed E-state index contributed by atoms with van der Waals surface area (Å²) in [5.74, 6) is 0. The number of nitrogens with one attached hydrogen (secondary N) is 1. The normalized spacial score (nSPS) is 10.3. The topological polar surface area (TPSA) is 64.3 Å². The molecule has 29 heavy (non-hydrogen) atoms. The molecular weight excluding hydrogens is 380 g/mol. The summed E-state index contributed by atoms with van der Waals surface area (Å²) >= 11 is 5.15. The van der Waals surface area contributed by atoms with Crippen molar-refractivity contribution in [3.8, 4) is 11.1 Å². The molecule has 0 atom stereocenters. The van der Waals surface area contributed by atoms with Gasteiger partial charge in [-0.05, 0) is 35.1 Å². The Kier molecular flexibility index (Phi) is 7.36. The first-order chi connectivity index (χ1) is 14.1. The molecule has 0 radical (unpaired) electrons. The minimum absolute atomic E-state index is 0.280. The Morgan fingerprint density at radius 2 is 1.59 bits per heavy atom. The van der Waals surface area contributed by atoms with E-state index in [0.29, 0.717) is 11.5 Å². The first-order valence-electron chi connectivity index (χ1n) is 9.56. The minimum Gasteiger partial charge on any atom is -0.445 e. The molecule has 1 amide bonds. The number of nitrogens with two attached hydrogens (primary N) is 1. The van der Waals surface area contributed by atoms with Gasteiger partial charge in [0.05, 0.1) is 0 Å². The number of aryl methyl sites for hydroxylation is 1. The molecule has 0 aromatic heterocycles. The van der Waals surface area contributed by atoms with E-state index in [2.05, 4.69) is 29.6 Å². The largest absolute Gasteiger partial charge is 0.445 e. The molecule has 0 saturated heterocycles. The second kappa shape index (κ2) is 10.4. The lowest BCUT2D eigenvalue weighted by Crippen LogP contribution is -2.25. The van der Waals surface area contributed by atoms with E-state index in [1.165, 1.54) is 5.56 Å². The molecule has 0 heterocycles. The highest BCUT2D eigenvalue weighted by atomic mass is 32.1. The molecule has 0 aliphatic rings.